The number of anilines is 1. The predicted molar refractivity (Wildman–Crippen MR) is 151 cm³/mol. The summed E-state index contributed by atoms with van der Waals surface area (Å²) < 4.78 is 10.9. The summed E-state index contributed by atoms with van der Waals surface area (Å²) in [4.78, 5) is 28.2. The van der Waals surface area contributed by atoms with Crippen LogP contribution >= 0.6 is 0 Å². The van der Waals surface area contributed by atoms with Crippen LogP contribution in [0.5, 0.6) is 5.75 Å². The fourth-order valence-corrected chi connectivity index (χ4v) is 4.86. The molecule has 1 aliphatic heterocycles. The summed E-state index contributed by atoms with van der Waals surface area (Å²) in [6.45, 7) is 7.99. The zero-order chi connectivity index (χ0) is 26.7. The number of hydrogen-bond donors (Lipinski definition) is 1. The van der Waals surface area contributed by atoms with Crippen LogP contribution in [-0.2, 0) is 16.0 Å². The molecule has 0 bridgehead atoms. The predicted octanol–water partition coefficient (Wildman–Crippen LogP) is 5.87. The minimum Gasteiger partial charge on any atom is -0.489 e. The van der Waals surface area contributed by atoms with Crippen LogP contribution in [0.3, 0.4) is 0 Å². The van der Waals surface area contributed by atoms with Crippen molar-refractivity contribution in [2.75, 3.05) is 31.2 Å². The van der Waals surface area contributed by atoms with Crippen LogP contribution < -0.4 is 15.0 Å². The van der Waals surface area contributed by atoms with E-state index in [1.54, 1.807) is 31.2 Å². The Morgan fingerprint density at radius 3 is 2.47 bits per heavy atom. The third-order valence-corrected chi connectivity index (χ3v) is 6.65. The van der Waals surface area contributed by atoms with E-state index in [-0.39, 0.29) is 31.6 Å². The van der Waals surface area contributed by atoms with Crippen molar-refractivity contribution in [3.63, 3.8) is 0 Å². The largest absolute Gasteiger partial charge is 0.489 e. The van der Waals surface area contributed by atoms with Crippen molar-refractivity contribution < 1.29 is 19.1 Å². The third-order valence-electron chi connectivity index (χ3n) is 6.65. The van der Waals surface area contributed by atoms with E-state index in [1.165, 1.54) is 24.9 Å². The van der Waals surface area contributed by atoms with Gasteiger partial charge in [0.15, 0.2) is 0 Å². The van der Waals surface area contributed by atoms with Gasteiger partial charge in [-0.2, -0.15) is 0 Å². The molecule has 1 aliphatic rings. The lowest BCUT2D eigenvalue weighted by Crippen LogP contribution is -2.34. The first kappa shape index (κ1) is 27.0. The molecular weight excluding hydrogens is 476 g/mol. The van der Waals surface area contributed by atoms with E-state index in [0.29, 0.717) is 11.3 Å². The standard InChI is InChI=1S/C32H36N2O4/c1-3-21-38-29-22-24(17-18-27(29)32(36)37-4-2)23-30(35)33-31(25-13-7-5-8-14-25)26-15-9-10-16-28(26)34-19-11-6-12-20-34/h3,5,7-10,13-18,22,31H,1,4,6,11-12,19-21,23H2,2H3,(H,33,35). The van der Waals surface area contributed by atoms with Gasteiger partial charge in [0.25, 0.3) is 0 Å². The Kier molecular flexibility index (Phi) is 9.57. The highest BCUT2D eigenvalue weighted by molar-refractivity contribution is 5.93. The maximum absolute atomic E-state index is 13.4. The first-order valence-electron chi connectivity index (χ1n) is 13.3. The van der Waals surface area contributed by atoms with E-state index in [9.17, 15) is 9.59 Å². The molecule has 3 aromatic carbocycles. The Balaban J connectivity index is 1.59. The summed E-state index contributed by atoms with van der Waals surface area (Å²) in [7, 11) is 0. The Hall–Kier alpha value is -4.06. The normalized spacial score (nSPS) is 13.9. The van der Waals surface area contributed by atoms with Crippen LogP contribution in [0.15, 0.2) is 85.5 Å². The zero-order valence-electron chi connectivity index (χ0n) is 22.0. The molecule has 1 atom stereocenters. The summed E-state index contributed by atoms with van der Waals surface area (Å²) >= 11 is 0. The number of ether oxygens (including phenoxy) is 2. The Morgan fingerprint density at radius 2 is 1.74 bits per heavy atom. The monoisotopic (exact) mass is 512 g/mol. The molecule has 1 N–H and O–H groups in total. The van der Waals surface area contributed by atoms with Crippen LogP contribution in [-0.4, -0.2) is 38.2 Å². The number of esters is 1. The maximum atomic E-state index is 13.4. The SMILES string of the molecule is C=CCOc1cc(CC(=O)NC(c2ccccc2)c2ccccc2N2CCCCC2)ccc1C(=O)OCC. The molecule has 0 aromatic heterocycles. The summed E-state index contributed by atoms with van der Waals surface area (Å²) in [6.07, 6.45) is 5.36. The van der Waals surface area contributed by atoms with Gasteiger partial charge >= 0.3 is 5.97 Å². The highest BCUT2D eigenvalue weighted by Gasteiger charge is 2.23. The van der Waals surface area contributed by atoms with E-state index >= 15 is 0 Å². The molecule has 6 heteroatoms. The number of benzene rings is 3. The Bertz CT molecular complexity index is 1240. The number of piperidine rings is 1. The maximum Gasteiger partial charge on any atom is 0.341 e. The Labute approximate surface area is 225 Å². The molecule has 1 saturated heterocycles. The molecule has 1 unspecified atom stereocenters. The van der Waals surface area contributed by atoms with Gasteiger partial charge in [-0.25, -0.2) is 4.79 Å². The van der Waals surface area contributed by atoms with Crippen LogP contribution in [0.2, 0.25) is 0 Å². The minimum atomic E-state index is -0.457. The molecule has 1 amide bonds. The zero-order valence-corrected chi connectivity index (χ0v) is 22.0. The lowest BCUT2D eigenvalue weighted by molar-refractivity contribution is -0.120. The molecular formula is C32H36N2O4. The van der Waals surface area contributed by atoms with Gasteiger partial charge in [0.1, 0.15) is 17.9 Å². The number of carbonyl (C=O) groups is 2. The molecule has 0 radical (unpaired) electrons. The van der Waals surface area contributed by atoms with Gasteiger partial charge in [-0.1, -0.05) is 67.3 Å². The summed E-state index contributed by atoms with van der Waals surface area (Å²) in [5.41, 5.74) is 4.35. The van der Waals surface area contributed by atoms with Gasteiger partial charge in [-0.05, 0) is 55.5 Å². The fourth-order valence-electron chi connectivity index (χ4n) is 4.86. The molecule has 1 heterocycles. The number of nitrogens with one attached hydrogen (secondary N) is 1. The van der Waals surface area contributed by atoms with Crippen molar-refractivity contribution in [1.82, 2.24) is 5.32 Å². The van der Waals surface area contributed by atoms with Crippen molar-refractivity contribution in [2.45, 2.75) is 38.6 Å². The molecule has 0 saturated carbocycles. The summed E-state index contributed by atoms with van der Waals surface area (Å²) in [6, 6.07) is 23.3. The topological polar surface area (TPSA) is 67.9 Å². The van der Waals surface area contributed by atoms with Gasteiger partial charge in [-0.15, -0.1) is 0 Å². The van der Waals surface area contributed by atoms with E-state index in [2.05, 4.69) is 35.0 Å². The number of para-hydroxylation sites is 1. The van der Waals surface area contributed by atoms with Gasteiger partial charge in [0.2, 0.25) is 5.91 Å². The second kappa shape index (κ2) is 13.5. The van der Waals surface area contributed by atoms with Crippen molar-refractivity contribution >= 4 is 17.6 Å². The van der Waals surface area contributed by atoms with Gasteiger partial charge < -0.3 is 19.7 Å². The summed E-state index contributed by atoms with van der Waals surface area (Å²) in [5.74, 6) is -0.199. The summed E-state index contributed by atoms with van der Waals surface area (Å²) in [5, 5.41) is 3.28. The first-order valence-corrected chi connectivity index (χ1v) is 13.3. The molecule has 4 rings (SSSR count). The van der Waals surface area contributed by atoms with Crippen LogP contribution in [0.25, 0.3) is 0 Å². The van der Waals surface area contributed by atoms with E-state index in [0.717, 1.165) is 29.8 Å². The second-order valence-electron chi connectivity index (χ2n) is 9.35. The number of nitrogens with zero attached hydrogens (tertiary/aromatic N) is 1. The fraction of sp³-hybridized carbons (Fsp3) is 0.312. The van der Waals surface area contributed by atoms with Gasteiger partial charge in [-0.3, -0.25) is 4.79 Å². The number of hydrogen-bond acceptors (Lipinski definition) is 5. The van der Waals surface area contributed by atoms with Crippen molar-refractivity contribution in [3.05, 3.63) is 108 Å². The quantitative estimate of drug-likeness (QED) is 0.257. The van der Waals surface area contributed by atoms with Crippen molar-refractivity contribution in [2.24, 2.45) is 0 Å². The second-order valence-corrected chi connectivity index (χ2v) is 9.35. The van der Waals surface area contributed by atoms with Crippen LogP contribution in [0.1, 0.15) is 59.3 Å². The molecule has 38 heavy (non-hydrogen) atoms. The van der Waals surface area contributed by atoms with Gasteiger partial charge in [0, 0.05) is 24.3 Å². The van der Waals surface area contributed by atoms with Crippen LogP contribution in [0.4, 0.5) is 5.69 Å². The lowest BCUT2D eigenvalue weighted by Gasteiger charge is -2.33. The van der Waals surface area contributed by atoms with Crippen molar-refractivity contribution in [1.29, 1.82) is 0 Å². The Morgan fingerprint density at radius 1 is 1.00 bits per heavy atom. The molecule has 1 fully saturated rings. The molecule has 0 spiro atoms. The molecule has 0 aliphatic carbocycles. The lowest BCUT2D eigenvalue weighted by atomic mass is 9.95. The highest BCUT2D eigenvalue weighted by Crippen LogP contribution is 2.32. The van der Waals surface area contributed by atoms with E-state index in [1.807, 2.05) is 36.4 Å². The van der Waals surface area contributed by atoms with Crippen LogP contribution in [0, 0.1) is 0 Å². The minimum absolute atomic E-state index is 0.120. The average Bonchev–Trinajstić information content (AvgIpc) is 2.96. The molecule has 6 nitrogen and oxygen atoms in total. The third kappa shape index (κ3) is 6.82. The molecule has 3 aromatic rings. The van der Waals surface area contributed by atoms with Crippen molar-refractivity contribution in [3.8, 4) is 5.75 Å². The van der Waals surface area contributed by atoms with Gasteiger partial charge in [0.05, 0.1) is 19.1 Å². The molecule has 198 valence electrons. The van der Waals surface area contributed by atoms with E-state index < -0.39 is 5.97 Å². The highest BCUT2D eigenvalue weighted by atomic mass is 16.5. The van der Waals surface area contributed by atoms with E-state index in [4.69, 9.17) is 9.47 Å². The number of amides is 1. The first-order chi connectivity index (χ1) is 18.6. The average molecular weight is 513 g/mol. The number of carbonyl (C=O) groups excluding carboxylic acids is 2. The number of rotatable bonds is 11. The smallest absolute Gasteiger partial charge is 0.341 e.